The number of alkyl carbamates (subject to hydrolysis) is 2. The van der Waals surface area contributed by atoms with Crippen molar-refractivity contribution in [2.75, 3.05) is 33.0 Å². The second-order valence-electron chi connectivity index (χ2n) is 8.43. The van der Waals surface area contributed by atoms with Gasteiger partial charge in [-0.2, -0.15) is 0 Å². The number of alkyl halides is 6. The highest BCUT2D eigenvalue weighted by molar-refractivity contribution is 6.68. The molecule has 1 heterocycles. The van der Waals surface area contributed by atoms with E-state index < -0.39 is 76.3 Å². The van der Waals surface area contributed by atoms with Crippen molar-refractivity contribution in [3.8, 4) is 0 Å². The number of rotatable bonds is 12. The molecule has 40 heavy (non-hydrogen) atoms. The van der Waals surface area contributed by atoms with Gasteiger partial charge in [-0.15, -0.1) is 0 Å². The zero-order valence-electron chi connectivity index (χ0n) is 20.6. The average Bonchev–Trinajstić information content (AvgIpc) is 2.88. The average molecular weight is 693 g/mol. The highest BCUT2D eigenvalue weighted by Crippen LogP contribution is 2.27. The summed E-state index contributed by atoms with van der Waals surface area (Å²) in [6.45, 7) is -2.08. The molecule has 228 valence electrons. The molecule has 1 aromatic carbocycles. The van der Waals surface area contributed by atoms with E-state index in [1.54, 1.807) is 0 Å². The van der Waals surface area contributed by atoms with Crippen LogP contribution in [0, 0.1) is 0 Å². The van der Waals surface area contributed by atoms with Crippen LogP contribution < -0.4 is 10.6 Å². The maximum atomic E-state index is 12.3. The lowest BCUT2D eigenvalue weighted by Crippen LogP contribution is -2.65. The van der Waals surface area contributed by atoms with Crippen LogP contribution in [-0.2, 0) is 30.3 Å². The molecule has 1 aromatic rings. The van der Waals surface area contributed by atoms with E-state index in [-0.39, 0.29) is 19.8 Å². The Morgan fingerprint density at radius 1 is 0.925 bits per heavy atom. The van der Waals surface area contributed by atoms with Crippen LogP contribution in [0.2, 0.25) is 0 Å². The molecule has 0 saturated carbocycles. The number of halogens is 6. The Bertz CT molecular complexity index is 924. The fraction of sp³-hybridized carbons (Fsp3) is 0.636. The lowest BCUT2D eigenvalue weighted by atomic mass is 9.97. The van der Waals surface area contributed by atoms with E-state index in [1.165, 1.54) is 0 Å². The van der Waals surface area contributed by atoms with Crippen molar-refractivity contribution < 1.29 is 48.6 Å². The summed E-state index contributed by atoms with van der Waals surface area (Å²) in [5.74, 6) is 0. The number of benzene rings is 1. The van der Waals surface area contributed by atoms with Crippen LogP contribution in [0.25, 0.3) is 0 Å². The van der Waals surface area contributed by atoms with Gasteiger partial charge in [0.15, 0.2) is 6.29 Å². The van der Waals surface area contributed by atoms with Gasteiger partial charge in [0.25, 0.3) is 0 Å². The highest BCUT2D eigenvalue weighted by atomic mass is 35.6. The van der Waals surface area contributed by atoms with Crippen LogP contribution in [0.3, 0.4) is 0 Å². The minimum atomic E-state index is -1.90. The van der Waals surface area contributed by atoms with E-state index in [0.717, 1.165) is 5.56 Å². The van der Waals surface area contributed by atoms with Crippen molar-refractivity contribution in [2.45, 2.75) is 50.9 Å². The minimum Gasteiger partial charge on any atom is -0.445 e. The van der Waals surface area contributed by atoms with Gasteiger partial charge in [-0.25, -0.2) is 9.59 Å². The fourth-order valence-electron chi connectivity index (χ4n) is 3.29. The second-order valence-corrected chi connectivity index (χ2v) is 13.5. The Kier molecular flexibility index (Phi) is 14.9. The van der Waals surface area contributed by atoms with Crippen molar-refractivity contribution in [3.63, 3.8) is 0 Å². The molecule has 0 aromatic heterocycles. The normalized spacial score (nSPS) is 24.2. The summed E-state index contributed by atoms with van der Waals surface area (Å²) in [5.41, 5.74) is 0.858. The first-order valence-electron chi connectivity index (χ1n) is 11.5. The second kappa shape index (κ2) is 16.8. The molecule has 0 spiro atoms. The smallest absolute Gasteiger partial charge is 0.407 e. The van der Waals surface area contributed by atoms with Crippen molar-refractivity contribution in [1.29, 1.82) is 0 Å². The molecule has 6 atom stereocenters. The molecule has 0 aliphatic carbocycles. The number of aliphatic hydroxyl groups excluding tert-OH is 3. The molecule has 2 amide bonds. The van der Waals surface area contributed by atoms with Gasteiger partial charge in [0, 0.05) is 0 Å². The van der Waals surface area contributed by atoms with Crippen molar-refractivity contribution >= 4 is 81.8 Å². The molecular formula is C22H28Cl6N2O10. The largest absolute Gasteiger partial charge is 0.445 e. The highest BCUT2D eigenvalue weighted by Gasteiger charge is 2.46. The van der Waals surface area contributed by atoms with E-state index in [9.17, 15) is 24.9 Å². The van der Waals surface area contributed by atoms with Gasteiger partial charge in [0.05, 0.1) is 32.5 Å². The van der Waals surface area contributed by atoms with Gasteiger partial charge in [-0.05, 0) is 5.56 Å². The zero-order valence-corrected chi connectivity index (χ0v) is 25.1. The van der Waals surface area contributed by atoms with E-state index in [1.807, 2.05) is 30.3 Å². The predicted octanol–water partition coefficient (Wildman–Crippen LogP) is 2.59. The molecule has 1 aliphatic heterocycles. The van der Waals surface area contributed by atoms with Gasteiger partial charge in [-0.1, -0.05) is 99.9 Å². The zero-order chi connectivity index (χ0) is 29.9. The number of ether oxygens (including phenoxy) is 5. The van der Waals surface area contributed by atoms with Gasteiger partial charge in [0.1, 0.15) is 37.6 Å². The van der Waals surface area contributed by atoms with Crippen LogP contribution in [0.4, 0.5) is 9.59 Å². The van der Waals surface area contributed by atoms with Crippen LogP contribution in [0.5, 0.6) is 0 Å². The molecule has 5 N–H and O–H groups in total. The Morgan fingerprint density at radius 3 is 2.10 bits per heavy atom. The third-order valence-corrected chi connectivity index (χ3v) is 5.77. The maximum absolute atomic E-state index is 12.3. The van der Waals surface area contributed by atoms with Crippen LogP contribution in [0.15, 0.2) is 30.3 Å². The topological polar surface area (TPSA) is 165 Å². The third kappa shape index (κ3) is 13.5. The summed E-state index contributed by atoms with van der Waals surface area (Å²) in [5, 5.41) is 35.2. The first-order valence-corrected chi connectivity index (χ1v) is 13.8. The molecule has 1 fully saturated rings. The number of amides is 2. The molecule has 0 bridgehead atoms. The summed E-state index contributed by atoms with van der Waals surface area (Å²) >= 11 is 33.6. The summed E-state index contributed by atoms with van der Waals surface area (Å²) < 4.78 is 22.9. The molecule has 1 saturated heterocycles. The SMILES string of the molecule is O=C(N[C@@H](COCc1ccccc1)CO[C@H]1O[C@H](CO)[C@@H](O)[C@H](O)[C@@H]1NC(=O)OCC(Cl)(Cl)Cl)OCC(Cl)(Cl)Cl. The molecule has 0 unspecified atom stereocenters. The predicted molar refractivity (Wildman–Crippen MR) is 147 cm³/mol. The number of nitrogens with one attached hydrogen (secondary N) is 2. The summed E-state index contributed by atoms with van der Waals surface area (Å²) in [6, 6.07) is 6.87. The van der Waals surface area contributed by atoms with Gasteiger partial charge < -0.3 is 49.6 Å². The van der Waals surface area contributed by atoms with Crippen molar-refractivity contribution in [3.05, 3.63) is 35.9 Å². The number of aliphatic hydroxyl groups is 3. The molecule has 12 nitrogen and oxygen atoms in total. The molecule has 0 radical (unpaired) electrons. The summed E-state index contributed by atoms with van der Waals surface area (Å²) in [6.07, 6.45) is -8.09. The van der Waals surface area contributed by atoms with E-state index in [0.29, 0.717) is 0 Å². The fourth-order valence-corrected chi connectivity index (χ4v) is 3.62. The number of hydrogen-bond donors (Lipinski definition) is 5. The Morgan fingerprint density at radius 2 is 1.52 bits per heavy atom. The van der Waals surface area contributed by atoms with Crippen LogP contribution >= 0.6 is 69.6 Å². The molecular weight excluding hydrogens is 665 g/mol. The van der Waals surface area contributed by atoms with Gasteiger partial charge in [-0.3, -0.25) is 0 Å². The molecule has 18 heteroatoms. The lowest BCUT2D eigenvalue weighted by Gasteiger charge is -2.42. The molecule has 2 rings (SSSR count). The Balaban J connectivity index is 2.09. The Hall–Kier alpha value is -0.740. The summed E-state index contributed by atoms with van der Waals surface area (Å²) in [4.78, 5) is 24.5. The first-order chi connectivity index (χ1) is 18.7. The van der Waals surface area contributed by atoms with Crippen molar-refractivity contribution in [2.24, 2.45) is 0 Å². The van der Waals surface area contributed by atoms with Crippen LogP contribution in [-0.4, -0.2) is 105 Å². The maximum Gasteiger partial charge on any atom is 0.407 e. The standard InChI is InChI=1S/C22H28Cl6N2O10/c23-21(24,25)10-38-19(34)29-13(8-36-7-12-4-2-1-3-5-12)9-37-18-15(17(33)16(32)14(6-31)40-18)30-20(35)39-11-22(26,27)28/h1-5,13-18,31-33H,6-11H2,(H,29,34)(H,30,35)/t13-,14+,15-,16+,17+,18-/m0/s1. The number of hydrogen-bond acceptors (Lipinski definition) is 10. The summed E-state index contributed by atoms with van der Waals surface area (Å²) in [7, 11) is 0. The third-order valence-electron chi connectivity index (χ3n) is 5.11. The van der Waals surface area contributed by atoms with E-state index >= 15 is 0 Å². The van der Waals surface area contributed by atoms with Gasteiger partial charge >= 0.3 is 12.2 Å². The quantitative estimate of drug-likeness (QED) is 0.206. The number of carbonyl (C=O) groups excluding carboxylic acids is 2. The van der Waals surface area contributed by atoms with E-state index in [4.69, 9.17) is 93.3 Å². The monoisotopic (exact) mass is 690 g/mol. The Labute approximate surface area is 259 Å². The van der Waals surface area contributed by atoms with Gasteiger partial charge in [0.2, 0.25) is 7.59 Å². The lowest BCUT2D eigenvalue weighted by molar-refractivity contribution is -0.271. The molecule has 1 aliphatic rings. The number of carbonyl (C=O) groups is 2. The first kappa shape index (κ1) is 35.5. The van der Waals surface area contributed by atoms with Crippen LogP contribution in [0.1, 0.15) is 5.56 Å². The van der Waals surface area contributed by atoms with Crippen molar-refractivity contribution in [1.82, 2.24) is 10.6 Å². The van der Waals surface area contributed by atoms with E-state index in [2.05, 4.69) is 10.6 Å². The minimum absolute atomic E-state index is 0.0948.